The van der Waals surface area contributed by atoms with E-state index in [1.807, 2.05) is 37.7 Å². The van der Waals surface area contributed by atoms with Gasteiger partial charge in [-0.25, -0.2) is 0 Å². The molecule has 0 fully saturated rings. The zero-order valence-corrected chi connectivity index (χ0v) is 13.3. The Morgan fingerprint density at radius 2 is 1.86 bits per heavy atom. The van der Waals surface area contributed by atoms with Crippen molar-refractivity contribution >= 4 is 17.4 Å². The second-order valence-corrected chi connectivity index (χ2v) is 6.70. The highest BCUT2D eigenvalue weighted by Crippen LogP contribution is 2.37. The van der Waals surface area contributed by atoms with Gasteiger partial charge < -0.3 is 10.1 Å². The van der Waals surface area contributed by atoms with Crippen LogP contribution in [-0.4, -0.2) is 11.9 Å². The van der Waals surface area contributed by atoms with E-state index in [1.54, 1.807) is 0 Å². The molecule has 1 unspecified atom stereocenters. The summed E-state index contributed by atoms with van der Waals surface area (Å²) in [5, 5.41) is 3.65. The van der Waals surface area contributed by atoms with Crippen LogP contribution in [0.1, 0.15) is 31.9 Å². The summed E-state index contributed by atoms with van der Waals surface area (Å²) >= 11 is 1.95. The summed E-state index contributed by atoms with van der Waals surface area (Å²) in [4.78, 5) is 1.40. The molecule has 110 valence electrons. The van der Waals surface area contributed by atoms with Gasteiger partial charge in [-0.1, -0.05) is 18.2 Å². The zero-order chi connectivity index (χ0) is 14.7. The first-order chi connectivity index (χ1) is 10.2. The predicted molar refractivity (Wildman–Crippen MR) is 90.4 cm³/mol. The van der Waals surface area contributed by atoms with Crippen molar-refractivity contribution in [3.05, 3.63) is 54.1 Å². The second kappa shape index (κ2) is 6.44. The monoisotopic (exact) mass is 299 g/mol. The molecule has 1 heterocycles. The van der Waals surface area contributed by atoms with Crippen molar-refractivity contribution in [2.45, 2.75) is 37.3 Å². The van der Waals surface area contributed by atoms with Gasteiger partial charge >= 0.3 is 0 Å². The van der Waals surface area contributed by atoms with Crippen LogP contribution in [-0.2, 0) is 0 Å². The van der Waals surface area contributed by atoms with Crippen LogP contribution in [0.25, 0.3) is 0 Å². The predicted octanol–water partition coefficient (Wildman–Crippen LogP) is 5.12. The molecule has 1 N–H and O–H groups in total. The maximum atomic E-state index is 5.68. The molecule has 2 aromatic rings. The van der Waals surface area contributed by atoms with Crippen molar-refractivity contribution in [2.75, 3.05) is 11.1 Å². The zero-order valence-electron chi connectivity index (χ0n) is 12.5. The minimum Gasteiger partial charge on any atom is -0.491 e. The summed E-state index contributed by atoms with van der Waals surface area (Å²) in [6, 6.07) is 17.4. The smallest absolute Gasteiger partial charge is 0.119 e. The van der Waals surface area contributed by atoms with Gasteiger partial charge in [0.15, 0.2) is 0 Å². The molecule has 0 saturated carbocycles. The summed E-state index contributed by atoms with van der Waals surface area (Å²) in [6.45, 7) is 4.09. The van der Waals surface area contributed by atoms with Crippen molar-refractivity contribution < 1.29 is 4.74 Å². The van der Waals surface area contributed by atoms with E-state index in [2.05, 4.69) is 41.7 Å². The number of thioether (sulfide) groups is 1. The molecule has 0 aliphatic carbocycles. The fourth-order valence-electron chi connectivity index (χ4n) is 2.60. The highest BCUT2D eigenvalue weighted by Gasteiger charge is 2.19. The maximum Gasteiger partial charge on any atom is 0.119 e. The van der Waals surface area contributed by atoms with E-state index in [4.69, 9.17) is 4.74 Å². The summed E-state index contributed by atoms with van der Waals surface area (Å²) in [6.07, 6.45) is 1.37. The molecular formula is C18H21NOS. The topological polar surface area (TPSA) is 21.3 Å². The third kappa shape index (κ3) is 3.53. The first-order valence-corrected chi connectivity index (χ1v) is 8.46. The van der Waals surface area contributed by atoms with Crippen molar-refractivity contribution in [2.24, 2.45) is 0 Å². The minimum atomic E-state index is 0.214. The van der Waals surface area contributed by atoms with Crippen LogP contribution in [0, 0.1) is 0 Å². The van der Waals surface area contributed by atoms with Crippen LogP contribution in [0.3, 0.4) is 0 Å². The molecule has 1 aliphatic heterocycles. The van der Waals surface area contributed by atoms with Gasteiger partial charge in [-0.15, -0.1) is 11.8 Å². The Bertz CT molecular complexity index is 594. The number of rotatable bonds is 4. The Labute approximate surface area is 130 Å². The highest BCUT2D eigenvalue weighted by atomic mass is 32.2. The van der Waals surface area contributed by atoms with E-state index < -0.39 is 0 Å². The molecule has 2 aromatic carbocycles. The molecule has 1 atom stereocenters. The van der Waals surface area contributed by atoms with E-state index in [0.29, 0.717) is 6.04 Å². The van der Waals surface area contributed by atoms with Crippen molar-refractivity contribution in [3.63, 3.8) is 0 Å². The third-order valence-electron chi connectivity index (χ3n) is 3.53. The molecule has 0 saturated heterocycles. The van der Waals surface area contributed by atoms with E-state index >= 15 is 0 Å². The lowest BCUT2D eigenvalue weighted by Gasteiger charge is -2.26. The normalized spacial score (nSPS) is 17.4. The quantitative estimate of drug-likeness (QED) is 0.846. The Hall–Kier alpha value is -1.61. The van der Waals surface area contributed by atoms with E-state index in [0.717, 1.165) is 17.9 Å². The number of anilines is 1. The van der Waals surface area contributed by atoms with E-state index in [9.17, 15) is 0 Å². The molecule has 0 amide bonds. The average molecular weight is 299 g/mol. The lowest BCUT2D eigenvalue weighted by atomic mass is 10.0. The largest absolute Gasteiger partial charge is 0.491 e. The van der Waals surface area contributed by atoms with Gasteiger partial charge in [-0.3, -0.25) is 0 Å². The third-order valence-corrected chi connectivity index (χ3v) is 4.65. The first-order valence-electron chi connectivity index (χ1n) is 7.47. The van der Waals surface area contributed by atoms with Gasteiger partial charge in [0.25, 0.3) is 0 Å². The molecule has 0 bridgehead atoms. The molecule has 0 spiro atoms. The lowest BCUT2D eigenvalue weighted by Crippen LogP contribution is -2.16. The van der Waals surface area contributed by atoms with Crippen molar-refractivity contribution in [3.8, 4) is 5.75 Å². The number of nitrogens with one attached hydrogen (secondary N) is 1. The van der Waals surface area contributed by atoms with Gasteiger partial charge in [0, 0.05) is 16.3 Å². The molecular weight excluding hydrogens is 278 g/mol. The van der Waals surface area contributed by atoms with Crippen LogP contribution in [0.4, 0.5) is 5.69 Å². The Morgan fingerprint density at radius 3 is 2.62 bits per heavy atom. The summed E-state index contributed by atoms with van der Waals surface area (Å²) in [5.74, 6) is 2.10. The molecule has 2 nitrogen and oxygen atoms in total. The van der Waals surface area contributed by atoms with Gasteiger partial charge in [-0.2, -0.15) is 0 Å². The molecule has 1 aliphatic rings. The standard InChI is InChI=1S/C18H21NOS/c1-13(2)20-15-9-7-14(8-10-15)19-17-11-12-21-18-6-4-3-5-16(17)18/h3-10,13,17,19H,11-12H2,1-2H3. The Balaban J connectivity index is 1.73. The second-order valence-electron chi connectivity index (χ2n) is 5.56. The van der Waals surface area contributed by atoms with Gasteiger partial charge in [0.2, 0.25) is 0 Å². The fraction of sp³-hybridized carbons (Fsp3) is 0.333. The van der Waals surface area contributed by atoms with E-state index in [1.165, 1.54) is 16.2 Å². The number of fused-ring (bicyclic) bond motifs is 1. The number of hydrogen-bond acceptors (Lipinski definition) is 3. The van der Waals surface area contributed by atoms with Crippen molar-refractivity contribution in [1.29, 1.82) is 0 Å². The van der Waals surface area contributed by atoms with Crippen LogP contribution < -0.4 is 10.1 Å². The molecule has 3 rings (SSSR count). The molecule has 21 heavy (non-hydrogen) atoms. The maximum absolute atomic E-state index is 5.68. The molecule has 0 radical (unpaired) electrons. The summed E-state index contributed by atoms with van der Waals surface area (Å²) in [7, 11) is 0. The van der Waals surface area contributed by atoms with Crippen LogP contribution in [0.5, 0.6) is 5.75 Å². The molecule has 0 aromatic heterocycles. The van der Waals surface area contributed by atoms with Gasteiger partial charge in [0.05, 0.1) is 12.1 Å². The number of hydrogen-bond donors (Lipinski definition) is 1. The Kier molecular flexibility index (Phi) is 4.39. The first kappa shape index (κ1) is 14.3. The Morgan fingerprint density at radius 1 is 1.10 bits per heavy atom. The van der Waals surface area contributed by atoms with Crippen LogP contribution in [0.2, 0.25) is 0 Å². The van der Waals surface area contributed by atoms with Gasteiger partial charge in [-0.05, 0) is 56.2 Å². The van der Waals surface area contributed by atoms with E-state index in [-0.39, 0.29) is 6.10 Å². The number of ether oxygens (including phenoxy) is 1. The average Bonchev–Trinajstić information content (AvgIpc) is 2.49. The number of benzene rings is 2. The SMILES string of the molecule is CC(C)Oc1ccc(NC2CCSc3ccccc32)cc1. The molecule has 3 heteroatoms. The fourth-order valence-corrected chi connectivity index (χ4v) is 3.72. The summed E-state index contributed by atoms with van der Waals surface area (Å²) < 4.78 is 5.68. The highest BCUT2D eigenvalue weighted by molar-refractivity contribution is 7.99. The summed E-state index contributed by atoms with van der Waals surface area (Å²) in [5.41, 5.74) is 2.56. The van der Waals surface area contributed by atoms with Crippen molar-refractivity contribution in [1.82, 2.24) is 0 Å². The van der Waals surface area contributed by atoms with Crippen LogP contribution >= 0.6 is 11.8 Å². The van der Waals surface area contributed by atoms with Crippen LogP contribution in [0.15, 0.2) is 53.4 Å². The lowest BCUT2D eigenvalue weighted by molar-refractivity contribution is 0.242. The van der Waals surface area contributed by atoms with Gasteiger partial charge in [0.1, 0.15) is 5.75 Å². The minimum absolute atomic E-state index is 0.214.